The van der Waals surface area contributed by atoms with Crippen LogP contribution in [-0.2, 0) is 16.8 Å². The molecule has 1 aromatic heterocycles. The maximum absolute atomic E-state index is 12.6. The second-order valence-electron chi connectivity index (χ2n) is 7.03. The number of nitrogens with zero attached hydrogens (tertiary/aromatic N) is 1. The van der Waals surface area contributed by atoms with Crippen LogP contribution in [0, 0.1) is 5.92 Å². The van der Waals surface area contributed by atoms with Gasteiger partial charge in [-0.2, -0.15) is 0 Å². The Balaban J connectivity index is 1.80. The minimum atomic E-state index is -0.0333. The third-order valence-electron chi connectivity index (χ3n) is 6.13. The molecule has 1 spiro atoms. The lowest BCUT2D eigenvalue weighted by Crippen LogP contribution is -2.52. The number of hydrogen-bond donors (Lipinski definition) is 1. The fraction of sp³-hybridized carbons (Fsp3) is 0.500. The molecule has 3 nitrogen and oxygen atoms in total. The van der Waals surface area contributed by atoms with Gasteiger partial charge in [0, 0.05) is 34.0 Å². The van der Waals surface area contributed by atoms with Crippen LogP contribution in [-0.4, -0.2) is 22.3 Å². The summed E-state index contributed by atoms with van der Waals surface area (Å²) in [5.41, 5.74) is 3.98. The number of aromatic nitrogens is 1. The molecule has 2 fully saturated rings. The average Bonchev–Trinajstić information content (AvgIpc) is 3.02. The highest BCUT2D eigenvalue weighted by atomic mass is 79.9. The van der Waals surface area contributed by atoms with E-state index in [-0.39, 0.29) is 5.54 Å². The molecule has 1 saturated carbocycles. The maximum Gasteiger partial charge on any atom is 0.223 e. The Labute approximate surface area is 138 Å². The van der Waals surface area contributed by atoms with Gasteiger partial charge in [0.25, 0.3) is 0 Å². The number of nitrogens with one attached hydrogen (secondary N) is 1. The molecule has 1 aromatic carbocycles. The van der Waals surface area contributed by atoms with Crippen LogP contribution in [0.2, 0.25) is 0 Å². The first-order chi connectivity index (χ1) is 10.7. The maximum atomic E-state index is 12.6. The fourth-order valence-electron chi connectivity index (χ4n) is 5.26. The number of hydrogen-bond acceptors (Lipinski definition) is 1. The van der Waals surface area contributed by atoms with Crippen LogP contribution in [0.1, 0.15) is 43.4 Å². The van der Waals surface area contributed by atoms with Gasteiger partial charge in [0.15, 0.2) is 0 Å². The van der Waals surface area contributed by atoms with Gasteiger partial charge < -0.3 is 9.88 Å². The summed E-state index contributed by atoms with van der Waals surface area (Å²) in [5.74, 6) is 0.877. The molecule has 1 aliphatic carbocycles. The lowest BCUT2D eigenvalue weighted by Gasteiger charge is -2.48. The summed E-state index contributed by atoms with van der Waals surface area (Å²) in [6.07, 6.45) is 6.56. The molecule has 3 heterocycles. The summed E-state index contributed by atoms with van der Waals surface area (Å²) in [6, 6.07) is 6.48. The van der Waals surface area contributed by atoms with E-state index in [0.717, 1.165) is 30.3 Å². The Morgan fingerprint density at radius 2 is 2.23 bits per heavy atom. The molecule has 4 heteroatoms. The summed E-state index contributed by atoms with van der Waals surface area (Å²) < 4.78 is 1.13. The first-order valence-electron chi connectivity index (χ1n) is 8.31. The van der Waals surface area contributed by atoms with E-state index in [0.29, 0.717) is 11.8 Å². The highest BCUT2D eigenvalue weighted by molar-refractivity contribution is 9.10. The molecule has 1 N–H and O–H groups in total. The van der Waals surface area contributed by atoms with Crippen LogP contribution in [0.5, 0.6) is 0 Å². The lowest BCUT2D eigenvalue weighted by molar-refractivity contribution is -0.132. The predicted molar refractivity (Wildman–Crippen MR) is 89.7 cm³/mol. The Hall–Kier alpha value is -1.29. The Bertz CT molecular complexity index is 796. The minimum Gasteiger partial charge on any atom is -0.356 e. The van der Waals surface area contributed by atoms with E-state index in [9.17, 15) is 4.79 Å². The average molecular weight is 359 g/mol. The van der Waals surface area contributed by atoms with Gasteiger partial charge in [0.1, 0.15) is 0 Å². The van der Waals surface area contributed by atoms with Gasteiger partial charge in [0.05, 0.1) is 5.54 Å². The van der Waals surface area contributed by atoms with Crippen LogP contribution in [0.3, 0.4) is 0 Å². The highest BCUT2D eigenvalue weighted by Gasteiger charge is 2.57. The van der Waals surface area contributed by atoms with Crippen LogP contribution in [0.15, 0.2) is 22.7 Å². The Kier molecular flexibility index (Phi) is 2.62. The molecule has 114 valence electrons. The first kappa shape index (κ1) is 13.2. The van der Waals surface area contributed by atoms with Crippen molar-refractivity contribution in [1.82, 2.24) is 9.88 Å². The summed E-state index contributed by atoms with van der Waals surface area (Å²) in [6.45, 7) is 0.891. The van der Waals surface area contributed by atoms with Gasteiger partial charge in [-0.1, -0.05) is 28.8 Å². The van der Waals surface area contributed by atoms with Gasteiger partial charge in [-0.05, 0) is 48.9 Å². The van der Waals surface area contributed by atoms with Crippen molar-refractivity contribution in [2.75, 3.05) is 6.54 Å². The van der Waals surface area contributed by atoms with Crippen molar-refractivity contribution in [2.45, 2.75) is 44.1 Å². The van der Waals surface area contributed by atoms with Crippen LogP contribution in [0.4, 0.5) is 0 Å². The van der Waals surface area contributed by atoms with Crippen molar-refractivity contribution in [2.24, 2.45) is 5.92 Å². The van der Waals surface area contributed by atoms with Gasteiger partial charge in [-0.25, -0.2) is 0 Å². The van der Waals surface area contributed by atoms with E-state index in [1.54, 1.807) is 0 Å². The van der Waals surface area contributed by atoms with Gasteiger partial charge in [-0.3, -0.25) is 4.79 Å². The standard InChI is InChI=1S/C18H19BrN2O/c19-12-4-5-15-14(10-12)13-6-8-21-16(22)9-11-3-1-2-7-18(11,21)17(13)20-15/h4-5,10-11,20H,1-3,6-9H2/t11-,18-/m1/s1. The second kappa shape index (κ2) is 4.38. The summed E-state index contributed by atoms with van der Waals surface area (Å²) in [5, 5.41) is 1.34. The third kappa shape index (κ3) is 1.49. The highest BCUT2D eigenvalue weighted by Crippen LogP contribution is 2.55. The largest absolute Gasteiger partial charge is 0.356 e. The topological polar surface area (TPSA) is 36.1 Å². The van der Waals surface area contributed by atoms with E-state index in [1.165, 1.54) is 41.4 Å². The van der Waals surface area contributed by atoms with Crippen molar-refractivity contribution < 1.29 is 4.79 Å². The summed E-state index contributed by atoms with van der Waals surface area (Å²) in [4.78, 5) is 18.5. The van der Waals surface area contributed by atoms with E-state index in [1.807, 2.05) is 0 Å². The number of benzene rings is 1. The molecular weight excluding hydrogens is 340 g/mol. The van der Waals surface area contributed by atoms with E-state index < -0.39 is 0 Å². The molecule has 5 rings (SSSR count). The lowest BCUT2D eigenvalue weighted by atomic mass is 9.69. The molecule has 1 saturated heterocycles. The minimum absolute atomic E-state index is 0.0333. The number of halogens is 1. The predicted octanol–water partition coefficient (Wildman–Crippen LogP) is 4.10. The van der Waals surface area contributed by atoms with Gasteiger partial charge in [-0.15, -0.1) is 0 Å². The zero-order chi connectivity index (χ0) is 14.9. The molecule has 2 atom stereocenters. The SMILES string of the molecule is O=C1C[C@H]2CCCC[C@]23c2[nH]c4ccc(Br)cc4c2CCN13. The van der Waals surface area contributed by atoms with Gasteiger partial charge in [0.2, 0.25) is 5.91 Å². The molecule has 22 heavy (non-hydrogen) atoms. The monoisotopic (exact) mass is 358 g/mol. The van der Waals surface area contributed by atoms with Crippen molar-refractivity contribution in [3.8, 4) is 0 Å². The summed E-state index contributed by atoms with van der Waals surface area (Å²) in [7, 11) is 0. The number of carbonyl (C=O) groups excluding carboxylic acids is 1. The number of carbonyl (C=O) groups is 1. The second-order valence-corrected chi connectivity index (χ2v) is 7.95. The molecule has 2 aliphatic heterocycles. The molecule has 0 bridgehead atoms. The number of H-pyrrole nitrogens is 1. The molecule has 1 amide bonds. The van der Waals surface area contributed by atoms with Crippen molar-refractivity contribution in [3.63, 3.8) is 0 Å². The summed E-state index contributed by atoms with van der Waals surface area (Å²) >= 11 is 3.60. The number of amides is 1. The van der Waals surface area contributed by atoms with Crippen molar-refractivity contribution in [3.05, 3.63) is 33.9 Å². The number of aromatic amines is 1. The fourth-order valence-corrected chi connectivity index (χ4v) is 5.62. The number of rotatable bonds is 0. The molecular formula is C18H19BrN2O. The zero-order valence-corrected chi connectivity index (χ0v) is 14.1. The van der Waals surface area contributed by atoms with E-state index >= 15 is 0 Å². The molecule has 3 aliphatic rings. The molecule has 2 aromatic rings. The number of fused-ring (bicyclic) bond motifs is 3. The van der Waals surface area contributed by atoms with Crippen LogP contribution in [0.25, 0.3) is 10.9 Å². The quantitative estimate of drug-likeness (QED) is 0.755. The molecule has 0 unspecified atom stereocenters. The molecule has 0 radical (unpaired) electrons. The van der Waals surface area contributed by atoms with E-state index in [2.05, 4.69) is 44.0 Å². The third-order valence-corrected chi connectivity index (χ3v) is 6.62. The van der Waals surface area contributed by atoms with Crippen molar-refractivity contribution >= 4 is 32.7 Å². The Morgan fingerprint density at radius 1 is 1.32 bits per heavy atom. The van der Waals surface area contributed by atoms with Crippen LogP contribution < -0.4 is 0 Å². The van der Waals surface area contributed by atoms with Crippen molar-refractivity contribution in [1.29, 1.82) is 0 Å². The van der Waals surface area contributed by atoms with Gasteiger partial charge >= 0.3 is 0 Å². The smallest absolute Gasteiger partial charge is 0.223 e. The first-order valence-corrected chi connectivity index (χ1v) is 9.10. The van der Waals surface area contributed by atoms with E-state index in [4.69, 9.17) is 0 Å². The van der Waals surface area contributed by atoms with Crippen LogP contribution >= 0.6 is 15.9 Å². The zero-order valence-electron chi connectivity index (χ0n) is 12.5. The normalized spacial score (nSPS) is 30.3. The Morgan fingerprint density at radius 3 is 3.14 bits per heavy atom.